The number of rotatable bonds is 6. The van der Waals surface area contributed by atoms with E-state index < -0.39 is 0 Å². The number of aliphatic imine (C=N–C) groups is 2. The third kappa shape index (κ3) is 6.74. The summed E-state index contributed by atoms with van der Waals surface area (Å²) in [6.45, 7) is 6.42. The second-order valence-electron chi connectivity index (χ2n) is 5.40. The number of likely N-dealkylation sites (tertiary alicyclic amines) is 1. The summed E-state index contributed by atoms with van der Waals surface area (Å²) in [5.74, 6) is 1.38. The average Bonchev–Trinajstić information content (AvgIpc) is 2.51. The molecule has 120 valence electrons. The molecule has 5 nitrogen and oxygen atoms in total. The maximum absolute atomic E-state index is 11.4. The molecule has 0 aromatic carbocycles. The summed E-state index contributed by atoms with van der Waals surface area (Å²) in [7, 11) is 1.80. The number of hydrogen-bond donors (Lipinski definition) is 0. The number of carbonyl (C=O) groups excluding carboxylic acids is 1. The lowest BCUT2D eigenvalue weighted by Gasteiger charge is -2.32. The zero-order valence-corrected chi connectivity index (χ0v) is 13.7. The standard InChI is InChI=1S/C16H29N3O2/c1-4-6-11-18-16(17-3)19-12-9-14(10-13-19)7-8-15(20)21-5-2/h11,14H,4-10,12-13H2,1-3H3/b17-16?,18-11-. The molecule has 1 saturated heterocycles. The fourth-order valence-corrected chi connectivity index (χ4v) is 2.53. The van der Waals surface area contributed by atoms with E-state index in [1.54, 1.807) is 7.05 Å². The van der Waals surface area contributed by atoms with Gasteiger partial charge in [-0.05, 0) is 38.5 Å². The summed E-state index contributed by atoms with van der Waals surface area (Å²) < 4.78 is 4.98. The molecule has 0 aromatic heterocycles. The summed E-state index contributed by atoms with van der Waals surface area (Å²) in [5, 5.41) is 0. The van der Waals surface area contributed by atoms with Gasteiger partial charge in [0.25, 0.3) is 0 Å². The van der Waals surface area contributed by atoms with E-state index in [2.05, 4.69) is 21.8 Å². The molecule has 5 heteroatoms. The summed E-state index contributed by atoms with van der Waals surface area (Å²) in [5.41, 5.74) is 0. The van der Waals surface area contributed by atoms with Crippen molar-refractivity contribution in [3.8, 4) is 0 Å². The zero-order chi connectivity index (χ0) is 15.5. The maximum Gasteiger partial charge on any atom is 0.305 e. The van der Waals surface area contributed by atoms with Gasteiger partial charge in [0.15, 0.2) is 0 Å². The predicted molar refractivity (Wildman–Crippen MR) is 86.9 cm³/mol. The van der Waals surface area contributed by atoms with Gasteiger partial charge in [0.05, 0.1) is 6.61 Å². The van der Waals surface area contributed by atoms with Crippen molar-refractivity contribution < 1.29 is 9.53 Å². The molecule has 1 fully saturated rings. The van der Waals surface area contributed by atoms with E-state index in [1.165, 1.54) is 0 Å². The van der Waals surface area contributed by atoms with Crippen LogP contribution in [0.1, 0.15) is 52.4 Å². The Hall–Kier alpha value is -1.39. The van der Waals surface area contributed by atoms with E-state index in [0.29, 0.717) is 18.9 Å². The van der Waals surface area contributed by atoms with Crippen LogP contribution in [0, 0.1) is 5.92 Å². The highest BCUT2D eigenvalue weighted by Crippen LogP contribution is 2.22. The normalized spacial score (nSPS) is 17.5. The van der Waals surface area contributed by atoms with Crippen molar-refractivity contribution in [1.82, 2.24) is 4.90 Å². The number of unbranched alkanes of at least 4 members (excludes halogenated alkanes) is 1. The smallest absolute Gasteiger partial charge is 0.305 e. The first-order valence-corrected chi connectivity index (χ1v) is 8.11. The van der Waals surface area contributed by atoms with E-state index in [1.807, 2.05) is 13.1 Å². The fourth-order valence-electron chi connectivity index (χ4n) is 2.53. The van der Waals surface area contributed by atoms with Gasteiger partial charge in [0.2, 0.25) is 5.96 Å². The van der Waals surface area contributed by atoms with Crippen LogP contribution in [0.4, 0.5) is 0 Å². The molecule has 0 bridgehead atoms. The highest BCUT2D eigenvalue weighted by molar-refractivity contribution is 5.87. The quantitative estimate of drug-likeness (QED) is 0.430. The Labute approximate surface area is 128 Å². The molecule has 0 radical (unpaired) electrons. The van der Waals surface area contributed by atoms with Crippen molar-refractivity contribution in [3.63, 3.8) is 0 Å². The molecule has 1 aliphatic rings. The number of hydrogen-bond acceptors (Lipinski definition) is 3. The fraction of sp³-hybridized carbons (Fsp3) is 0.812. The number of ether oxygens (including phenoxy) is 1. The van der Waals surface area contributed by atoms with Crippen LogP contribution < -0.4 is 0 Å². The minimum absolute atomic E-state index is 0.0695. The summed E-state index contributed by atoms with van der Waals surface area (Å²) in [6.07, 6.45) is 7.73. The number of piperidine rings is 1. The molecule has 0 saturated carbocycles. The van der Waals surface area contributed by atoms with Gasteiger partial charge in [0, 0.05) is 32.8 Å². The van der Waals surface area contributed by atoms with Crippen LogP contribution in [0.5, 0.6) is 0 Å². The van der Waals surface area contributed by atoms with Crippen molar-refractivity contribution in [2.45, 2.75) is 52.4 Å². The van der Waals surface area contributed by atoms with E-state index in [-0.39, 0.29) is 5.97 Å². The second kappa shape index (κ2) is 10.4. The molecule has 21 heavy (non-hydrogen) atoms. The van der Waals surface area contributed by atoms with Crippen molar-refractivity contribution in [1.29, 1.82) is 0 Å². The molecular weight excluding hydrogens is 266 g/mol. The van der Waals surface area contributed by atoms with E-state index >= 15 is 0 Å². The zero-order valence-electron chi connectivity index (χ0n) is 13.7. The van der Waals surface area contributed by atoms with E-state index in [0.717, 1.165) is 51.2 Å². The Kier molecular flexibility index (Phi) is 8.71. The lowest BCUT2D eigenvalue weighted by molar-refractivity contribution is -0.143. The van der Waals surface area contributed by atoms with Gasteiger partial charge >= 0.3 is 5.97 Å². The van der Waals surface area contributed by atoms with Crippen LogP contribution in [0.3, 0.4) is 0 Å². The predicted octanol–water partition coefficient (Wildman–Crippen LogP) is 2.90. The van der Waals surface area contributed by atoms with Gasteiger partial charge in [-0.15, -0.1) is 0 Å². The van der Waals surface area contributed by atoms with Gasteiger partial charge in [-0.3, -0.25) is 9.79 Å². The van der Waals surface area contributed by atoms with E-state index in [9.17, 15) is 4.79 Å². The monoisotopic (exact) mass is 295 g/mol. The average molecular weight is 295 g/mol. The highest BCUT2D eigenvalue weighted by Gasteiger charge is 2.21. The topological polar surface area (TPSA) is 54.3 Å². The molecule has 0 unspecified atom stereocenters. The lowest BCUT2D eigenvalue weighted by Crippen LogP contribution is -2.37. The second-order valence-corrected chi connectivity index (χ2v) is 5.40. The molecule has 1 heterocycles. The summed E-state index contributed by atoms with van der Waals surface area (Å²) >= 11 is 0. The number of carbonyl (C=O) groups is 1. The molecule has 0 aliphatic carbocycles. The van der Waals surface area contributed by atoms with Gasteiger partial charge in [-0.25, -0.2) is 4.99 Å². The number of guanidine groups is 1. The van der Waals surface area contributed by atoms with Crippen LogP contribution >= 0.6 is 0 Å². The Morgan fingerprint density at radius 3 is 2.62 bits per heavy atom. The Morgan fingerprint density at radius 1 is 1.33 bits per heavy atom. The van der Waals surface area contributed by atoms with Crippen molar-refractivity contribution in [2.75, 3.05) is 26.7 Å². The van der Waals surface area contributed by atoms with Crippen molar-refractivity contribution in [2.24, 2.45) is 15.9 Å². The molecule has 0 amide bonds. The van der Waals surface area contributed by atoms with Gasteiger partial charge in [-0.2, -0.15) is 0 Å². The minimum atomic E-state index is -0.0695. The van der Waals surface area contributed by atoms with Crippen LogP contribution in [0.2, 0.25) is 0 Å². The molecule has 1 rings (SSSR count). The number of esters is 1. The van der Waals surface area contributed by atoms with Gasteiger partial charge in [-0.1, -0.05) is 13.3 Å². The first kappa shape index (κ1) is 17.7. The first-order valence-electron chi connectivity index (χ1n) is 8.11. The van der Waals surface area contributed by atoms with Crippen molar-refractivity contribution >= 4 is 18.1 Å². The van der Waals surface area contributed by atoms with Gasteiger partial charge in [0.1, 0.15) is 0 Å². The summed E-state index contributed by atoms with van der Waals surface area (Å²) in [6, 6.07) is 0. The molecule has 1 aliphatic heterocycles. The molecule has 0 aromatic rings. The molecule has 0 atom stereocenters. The van der Waals surface area contributed by atoms with Crippen LogP contribution in [-0.2, 0) is 9.53 Å². The van der Waals surface area contributed by atoms with Gasteiger partial charge < -0.3 is 9.64 Å². The van der Waals surface area contributed by atoms with E-state index in [4.69, 9.17) is 4.74 Å². The Balaban J connectivity index is 2.32. The van der Waals surface area contributed by atoms with Crippen LogP contribution in [0.15, 0.2) is 9.98 Å². The Morgan fingerprint density at radius 2 is 2.05 bits per heavy atom. The largest absolute Gasteiger partial charge is 0.466 e. The SMILES string of the molecule is CCC/C=N\C(=NC)N1CCC(CCC(=O)OCC)CC1. The van der Waals surface area contributed by atoms with Crippen LogP contribution in [-0.4, -0.2) is 49.8 Å². The number of nitrogens with zero attached hydrogens (tertiary/aromatic N) is 3. The third-order valence-corrected chi connectivity index (χ3v) is 3.78. The molecule has 0 N–H and O–H groups in total. The lowest BCUT2D eigenvalue weighted by atomic mass is 9.92. The van der Waals surface area contributed by atoms with Crippen LogP contribution in [0.25, 0.3) is 0 Å². The summed E-state index contributed by atoms with van der Waals surface area (Å²) in [4.78, 5) is 22.4. The maximum atomic E-state index is 11.4. The molecular formula is C16H29N3O2. The third-order valence-electron chi connectivity index (χ3n) is 3.78. The highest BCUT2D eigenvalue weighted by atomic mass is 16.5. The Bertz CT molecular complexity index is 359. The molecule has 0 spiro atoms. The van der Waals surface area contributed by atoms with Crippen molar-refractivity contribution in [3.05, 3.63) is 0 Å². The minimum Gasteiger partial charge on any atom is -0.466 e. The first-order chi connectivity index (χ1) is 10.2.